The van der Waals surface area contributed by atoms with Crippen LogP contribution in [0.15, 0.2) is 54.1 Å². The Balaban J connectivity index is 1.70. The molecular formula is C27H36N2O3. The van der Waals surface area contributed by atoms with Crippen LogP contribution < -0.4 is 14.8 Å². The third-order valence-electron chi connectivity index (χ3n) is 5.99. The average Bonchev–Trinajstić information content (AvgIpc) is 2.82. The molecular weight excluding hydrogens is 400 g/mol. The second-order valence-corrected chi connectivity index (χ2v) is 8.55. The molecule has 0 atom stereocenters. The van der Waals surface area contributed by atoms with Crippen molar-refractivity contribution < 1.29 is 14.3 Å². The number of carbonyl (C=O) groups excluding carboxylic acids is 1. The number of methoxy groups -OCH3 is 2. The molecule has 0 saturated heterocycles. The van der Waals surface area contributed by atoms with Gasteiger partial charge in [0.1, 0.15) is 0 Å². The van der Waals surface area contributed by atoms with Gasteiger partial charge in [0.05, 0.1) is 14.2 Å². The predicted molar refractivity (Wildman–Crippen MR) is 130 cm³/mol. The summed E-state index contributed by atoms with van der Waals surface area (Å²) in [6.07, 6.45) is 8.72. The Morgan fingerprint density at radius 1 is 1.03 bits per heavy atom. The van der Waals surface area contributed by atoms with E-state index in [1.54, 1.807) is 14.2 Å². The molecule has 2 aromatic carbocycles. The number of urea groups is 1. The van der Waals surface area contributed by atoms with E-state index in [4.69, 9.17) is 9.47 Å². The smallest absolute Gasteiger partial charge is 0.317 e. The van der Waals surface area contributed by atoms with Crippen LogP contribution in [0.25, 0.3) is 6.08 Å². The molecule has 1 saturated carbocycles. The number of carbonyl (C=O) groups is 1. The van der Waals surface area contributed by atoms with Crippen LogP contribution in [0.4, 0.5) is 4.79 Å². The van der Waals surface area contributed by atoms with Crippen molar-refractivity contribution in [3.63, 3.8) is 0 Å². The second-order valence-electron chi connectivity index (χ2n) is 8.55. The number of benzene rings is 2. The van der Waals surface area contributed by atoms with E-state index in [-0.39, 0.29) is 6.03 Å². The van der Waals surface area contributed by atoms with Crippen LogP contribution in [0.1, 0.15) is 50.2 Å². The van der Waals surface area contributed by atoms with Gasteiger partial charge in [-0.15, -0.1) is 0 Å². The molecule has 0 aliphatic heterocycles. The second kappa shape index (κ2) is 12.2. The van der Waals surface area contributed by atoms with E-state index in [0.717, 1.165) is 36.0 Å². The van der Waals surface area contributed by atoms with Crippen LogP contribution in [0, 0.1) is 0 Å². The lowest BCUT2D eigenvalue weighted by Crippen LogP contribution is -2.46. The lowest BCUT2D eigenvalue weighted by molar-refractivity contribution is 0.194. The Labute approximate surface area is 192 Å². The van der Waals surface area contributed by atoms with Gasteiger partial charge >= 0.3 is 6.03 Å². The van der Waals surface area contributed by atoms with Crippen LogP contribution >= 0.6 is 0 Å². The maximum absolute atomic E-state index is 13.2. The van der Waals surface area contributed by atoms with Crippen molar-refractivity contribution in [2.24, 2.45) is 0 Å². The lowest BCUT2D eigenvalue weighted by atomic mass is 9.96. The molecule has 32 heavy (non-hydrogen) atoms. The summed E-state index contributed by atoms with van der Waals surface area (Å²) in [5.41, 5.74) is 3.42. The topological polar surface area (TPSA) is 50.8 Å². The van der Waals surface area contributed by atoms with Crippen molar-refractivity contribution in [3.05, 3.63) is 65.2 Å². The zero-order valence-electron chi connectivity index (χ0n) is 19.6. The van der Waals surface area contributed by atoms with Gasteiger partial charge in [-0.1, -0.05) is 67.3 Å². The molecule has 1 N–H and O–H groups in total. The molecule has 1 fully saturated rings. The van der Waals surface area contributed by atoms with Crippen molar-refractivity contribution >= 4 is 12.1 Å². The van der Waals surface area contributed by atoms with Crippen molar-refractivity contribution in [3.8, 4) is 11.5 Å². The largest absolute Gasteiger partial charge is 0.493 e. The Hall–Kier alpha value is -2.95. The van der Waals surface area contributed by atoms with Gasteiger partial charge in [0.25, 0.3) is 0 Å². The zero-order chi connectivity index (χ0) is 22.8. The summed E-state index contributed by atoms with van der Waals surface area (Å²) < 4.78 is 10.8. The highest BCUT2D eigenvalue weighted by Crippen LogP contribution is 2.28. The number of ether oxygens (including phenoxy) is 2. The lowest BCUT2D eigenvalue weighted by Gasteiger charge is -2.29. The average molecular weight is 437 g/mol. The van der Waals surface area contributed by atoms with Crippen molar-refractivity contribution in [2.75, 3.05) is 27.3 Å². The highest BCUT2D eigenvalue weighted by Gasteiger charge is 2.20. The fraction of sp³-hybridized carbons (Fsp3) is 0.444. The Bertz CT molecular complexity index is 889. The fourth-order valence-corrected chi connectivity index (χ4v) is 4.25. The first-order chi connectivity index (χ1) is 15.6. The standard InChI is InChI=1S/C27H36N2O3/c1-21(18-22-10-6-4-7-11-22)20-29(27(30)28-24-12-8-5-9-13-24)17-16-23-14-15-25(31-2)26(19-23)32-3/h4,6-7,10-11,14-15,18-19,24H,5,8-9,12-13,16-17,20H2,1-3H3,(H,28,30). The quantitative estimate of drug-likeness (QED) is 0.549. The van der Waals surface area contributed by atoms with Gasteiger partial charge in [-0.05, 0) is 49.4 Å². The Morgan fingerprint density at radius 3 is 2.44 bits per heavy atom. The van der Waals surface area contributed by atoms with E-state index in [1.165, 1.54) is 19.3 Å². The van der Waals surface area contributed by atoms with E-state index < -0.39 is 0 Å². The summed E-state index contributed by atoms with van der Waals surface area (Å²) in [6.45, 7) is 3.32. The van der Waals surface area contributed by atoms with Crippen LogP contribution in [0.3, 0.4) is 0 Å². The maximum atomic E-state index is 13.2. The minimum atomic E-state index is 0.0261. The van der Waals surface area contributed by atoms with Crippen LogP contribution in [-0.2, 0) is 6.42 Å². The Kier molecular flexibility index (Phi) is 9.02. The monoisotopic (exact) mass is 436 g/mol. The molecule has 0 heterocycles. The number of hydrogen-bond donors (Lipinski definition) is 1. The van der Waals surface area contributed by atoms with Gasteiger partial charge in [0, 0.05) is 19.1 Å². The third-order valence-corrected chi connectivity index (χ3v) is 5.99. The summed E-state index contributed by atoms with van der Waals surface area (Å²) >= 11 is 0. The molecule has 2 aromatic rings. The van der Waals surface area contributed by atoms with Crippen LogP contribution in [-0.4, -0.2) is 44.3 Å². The summed E-state index contributed by atoms with van der Waals surface area (Å²) in [5.74, 6) is 1.42. The number of nitrogens with zero attached hydrogens (tertiary/aromatic N) is 1. The molecule has 3 rings (SSSR count). The van der Waals surface area contributed by atoms with E-state index in [2.05, 4.69) is 30.4 Å². The van der Waals surface area contributed by atoms with Crippen molar-refractivity contribution in [1.82, 2.24) is 10.2 Å². The zero-order valence-corrected chi connectivity index (χ0v) is 19.6. The molecule has 1 aliphatic carbocycles. The molecule has 0 spiro atoms. The number of amides is 2. The van der Waals surface area contributed by atoms with E-state index >= 15 is 0 Å². The highest BCUT2D eigenvalue weighted by molar-refractivity contribution is 5.75. The molecule has 0 radical (unpaired) electrons. The van der Waals surface area contributed by atoms with E-state index in [9.17, 15) is 4.79 Å². The van der Waals surface area contributed by atoms with Crippen LogP contribution in [0.2, 0.25) is 0 Å². The normalized spacial score (nSPS) is 14.7. The molecule has 172 valence electrons. The van der Waals surface area contributed by atoms with Gasteiger partial charge in [-0.25, -0.2) is 4.79 Å². The SMILES string of the molecule is COc1ccc(CCN(CC(C)=Cc2ccccc2)C(=O)NC2CCCCC2)cc1OC. The van der Waals surface area contributed by atoms with Gasteiger partial charge in [0.15, 0.2) is 11.5 Å². The van der Waals surface area contributed by atoms with Gasteiger partial charge in [0.2, 0.25) is 0 Å². The molecule has 5 heteroatoms. The number of rotatable bonds is 9. The minimum absolute atomic E-state index is 0.0261. The predicted octanol–water partition coefficient (Wildman–Crippen LogP) is 5.69. The van der Waals surface area contributed by atoms with Gasteiger partial charge in [-0.2, -0.15) is 0 Å². The van der Waals surface area contributed by atoms with E-state index in [1.807, 2.05) is 41.3 Å². The first-order valence-corrected chi connectivity index (χ1v) is 11.6. The molecule has 2 amide bonds. The summed E-state index contributed by atoms with van der Waals surface area (Å²) in [7, 11) is 3.28. The van der Waals surface area contributed by atoms with Gasteiger partial charge < -0.3 is 19.7 Å². The molecule has 5 nitrogen and oxygen atoms in total. The first-order valence-electron chi connectivity index (χ1n) is 11.6. The fourth-order valence-electron chi connectivity index (χ4n) is 4.25. The Morgan fingerprint density at radius 2 is 1.75 bits per heavy atom. The van der Waals surface area contributed by atoms with Gasteiger partial charge in [-0.3, -0.25) is 0 Å². The van der Waals surface area contributed by atoms with Crippen molar-refractivity contribution in [2.45, 2.75) is 51.5 Å². The minimum Gasteiger partial charge on any atom is -0.493 e. The first kappa shape index (κ1) is 23.7. The third kappa shape index (κ3) is 7.04. The maximum Gasteiger partial charge on any atom is 0.317 e. The molecule has 0 unspecified atom stereocenters. The summed E-state index contributed by atoms with van der Waals surface area (Å²) in [4.78, 5) is 15.1. The number of nitrogens with one attached hydrogen (secondary N) is 1. The highest BCUT2D eigenvalue weighted by atomic mass is 16.5. The van der Waals surface area contributed by atoms with E-state index in [0.29, 0.717) is 30.6 Å². The van der Waals surface area contributed by atoms with Crippen molar-refractivity contribution in [1.29, 1.82) is 0 Å². The van der Waals surface area contributed by atoms with Crippen LogP contribution in [0.5, 0.6) is 11.5 Å². The summed E-state index contributed by atoms with van der Waals surface area (Å²) in [5, 5.41) is 3.28. The molecule has 0 aromatic heterocycles. The summed E-state index contributed by atoms with van der Waals surface area (Å²) in [6, 6.07) is 16.5. The molecule has 1 aliphatic rings. The molecule has 0 bridgehead atoms. The number of hydrogen-bond acceptors (Lipinski definition) is 3.